The molecule has 7 nitrogen and oxygen atoms in total. The number of non-ortho nitro benzene ring substituents is 1. The van der Waals surface area contributed by atoms with E-state index in [0.717, 1.165) is 19.3 Å². The van der Waals surface area contributed by atoms with Crippen LogP contribution in [0.1, 0.15) is 101 Å². The third-order valence-electron chi connectivity index (χ3n) is 5.74. The number of hydrogen-bond donors (Lipinski definition) is 0. The van der Waals surface area contributed by atoms with Crippen LogP contribution in [0.15, 0.2) is 24.3 Å². The molecular formula is C24H35NO6. The van der Waals surface area contributed by atoms with E-state index in [2.05, 4.69) is 6.92 Å². The van der Waals surface area contributed by atoms with Crippen molar-refractivity contribution in [1.82, 2.24) is 0 Å². The van der Waals surface area contributed by atoms with Gasteiger partial charge < -0.3 is 9.47 Å². The summed E-state index contributed by atoms with van der Waals surface area (Å²) in [5, 5.41) is 10.8. The molecule has 0 N–H and O–H groups in total. The topological polar surface area (TPSA) is 95.7 Å². The minimum atomic E-state index is -0.546. The van der Waals surface area contributed by atoms with Crippen molar-refractivity contribution in [2.24, 2.45) is 0 Å². The van der Waals surface area contributed by atoms with E-state index in [9.17, 15) is 19.7 Å². The van der Waals surface area contributed by atoms with Crippen LogP contribution in [0.3, 0.4) is 0 Å². The maximum Gasteiger partial charge on any atom is 0.338 e. The van der Waals surface area contributed by atoms with Gasteiger partial charge in [-0.15, -0.1) is 0 Å². The Morgan fingerprint density at radius 2 is 1.65 bits per heavy atom. The number of carbonyl (C=O) groups is 2. The molecule has 1 aromatic rings. The molecule has 1 saturated heterocycles. The predicted octanol–water partition coefficient (Wildman–Crippen LogP) is 6.14. The lowest BCUT2D eigenvalue weighted by molar-refractivity contribution is -0.384. The molecule has 2 rings (SSSR count). The first-order chi connectivity index (χ1) is 15.0. The molecule has 31 heavy (non-hydrogen) atoms. The Labute approximate surface area is 184 Å². The molecule has 1 aliphatic heterocycles. The molecule has 1 heterocycles. The fraction of sp³-hybridized carbons (Fsp3) is 0.667. The smallest absolute Gasteiger partial charge is 0.338 e. The summed E-state index contributed by atoms with van der Waals surface area (Å²) in [5.41, 5.74) is 0.172. The molecule has 0 radical (unpaired) electrons. The summed E-state index contributed by atoms with van der Waals surface area (Å²) < 4.78 is 11.0. The molecule has 0 aliphatic carbocycles. The van der Waals surface area contributed by atoms with Crippen LogP contribution in [0.5, 0.6) is 0 Å². The van der Waals surface area contributed by atoms with Gasteiger partial charge in [0.25, 0.3) is 5.69 Å². The lowest BCUT2D eigenvalue weighted by Gasteiger charge is -2.23. The van der Waals surface area contributed by atoms with Gasteiger partial charge in [-0.25, -0.2) is 4.79 Å². The molecule has 172 valence electrons. The zero-order valence-corrected chi connectivity index (χ0v) is 18.6. The summed E-state index contributed by atoms with van der Waals surface area (Å²) >= 11 is 0. The number of hydrogen-bond acceptors (Lipinski definition) is 6. The Balaban J connectivity index is 1.76. The standard InChI is InChI=1S/C24H35NO6/c1-2-3-4-5-6-7-8-9-10-11-12-21(22-17-18-23(26)30-22)31-24(27)19-13-15-20(16-14-19)25(28)29/h13-16,21-22H,2-12,17-18H2,1H3/t21-,22+/m0/s1. The van der Waals surface area contributed by atoms with Crippen molar-refractivity contribution < 1.29 is 24.0 Å². The summed E-state index contributed by atoms with van der Waals surface area (Å²) in [7, 11) is 0. The highest BCUT2D eigenvalue weighted by Gasteiger charge is 2.33. The van der Waals surface area contributed by atoms with Gasteiger partial charge in [-0.3, -0.25) is 14.9 Å². The van der Waals surface area contributed by atoms with E-state index in [4.69, 9.17) is 9.47 Å². The summed E-state index contributed by atoms with van der Waals surface area (Å²) in [6.45, 7) is 2.23. The van der Waals surface area contributed by atoms with Gasteiger partial charge >= 0.3 is 11.9 Å². The van der Waals surface area contributed by atoms with Gasteiger partial charge in [0.05, 0.1) is 10.5 Å². The highest BCUT2D eigenvalue weighted by atomic mass is 16.6. The van der Waals surface area contributed by atoms with Crippen LogP contribution < -0.4 is 0 Å². The Bertz CT molecular complexity index is 703. The molecule has 2 atom stereocenters. The van der Waals surface area contributed by atoms with Crippen LogP contribution in [-0.2, 0) is 14.3 Å². The first-order valence-corrected chi connectivity index (χ1v) is 11.7. The lowest BCUT2D eigenvalue weighted by atomic mass is 10.0. The van der Waals surface area contributed by atoms with Crippen LogP contribution in [0.4, 0.5) is 5.69 Å². The number of nitrogens with zero attached hydrogens (tertiary/aromatic N) is 1. The highest BCUT2D eigenvalue weighted by Crippen LogP contribution is 2.25. The average Bonchev–Trinajstić information content (AvgIpc) is 3.20. The van der Waals surface area contributed by atoms with Crippen molar-refractivity contribution in [2.45, 2.75) is 103 Å². The summed E-state index contributed by atoms with van der Waals surface area (Å²) in [6.07, 6.45) is 12.8. The van der Waals surface area contributed by atoms with Gasteiger partial charge in [-0.2, -0.15) is 0 Å². The molecule has 1 aliphatic rings. The van der Waals surface area contributed by atoms with Crippen LogP contribution in [0.2, 0.25) is 0 Å². The number of cyclic esters (lactones) is 1. The van der Waals surface area contributed by atoms with E-state index in [1.165, 1.54) is 69.2 Å². The number of esters is 2. The lowest BCUT2D eigenvalue weighted by Crippen LogP contribution is -2.31. The zero-order chi connectivity index (χ0) is 22.5. The maximum absolute atomic E-state index is 12.5. The minimum Gasteiger partial charge on any atom is -0.458 e. The monoisotopic (exact) mass is 433 g/mol. The van der Waals surface area contributed by atoms with Gasteiger partial charge in [0.1, 0.15) is 12.2 Å². The second-order valence-corrected chi connectivity index (χ2v) is 8.29. The second-order valence-electron chi connectivity index (χ2n) is 8.29. The summed E-state index contributed by atoms with van der Waals surface area (Å²) in [6, 6.07) is 5.34. The van der Waals surface area contributed by atoms with Gasteiger partial charge in [0.15, 0.2) is 0 Å². The first-order valence-electron chi connectivity index (χ1n) is 11.7. The normalized spacial score (nSPS) is 16.7. The molecule has 0 spiro atoms. The van der Waals surface area contributed by atoms with Gasteiger partial charge in [-0.1, -0.05) is 64.7 Å². The summed E-state index contributed by atoms with van der Waals surface area (Å²) in [4.78, 5) is 34.3. The van der Waals surface area contributed by atoms with E-state index in [1.54, 1.807) is 0 Å². The van der Waals surface area contributed by atoms with Crippen LogP contribution in [-0.4, -0.2) is 29.1 Å². The van der Waals surface area contributed by atoms with E-state index in [-0.39, 0.29) is 17.2 Å². The number of rotatable bonds is 15. The van der Waals surface area contributed by atoms with Crippen molar-refractivity contribution >= 4 is 17.6 Å². The van der Waals surface area contributed by atoms with Crippen LogP contribution in [0, 0.1) is 10.1 Å². The number of nitro groups is 1. The first kappa shape index (κ1) is 24.8. The van der Waals surface area contributed by atoms with Crippen molar-refractivity contribution in [3.8, 4) is 0 Å². The molecule has 0 amide bonds. The van der Waals surface area contributed by atoms with E-state index in [1.807, 2.05) is 0 Å². The van der Waals surface area contributed by atoms with Gasteiger partial charge in [0.2, 0.25) is 0 Å². The number of ether oxygens (including phenoxy) is 2. The predicted molar refractivity (Wildman–Crippen MR) is 118 cm³/mol. The van der Waals surface area contributed by atoms with Crippen LogP contribution >= 0.6 is 0 Å². The number of carbonyl (C=O) groups excluding carboxylic acids is 2. The Kier molecular flexibility index (Phi) is 11.0. The Morgan fingerprint density at radius 1 is 1.06 bits per heavy atom. The van der Waals surface area contributed by atoms with E-state index >= 15 is 0 Å². The third-order valence-corrected chi connectivity index (χ3v) is 5.74. The number of benzene rings is 1. The third kappa shape index (κ3) is 9.07. The highest BCUT2D eigenvalue weighted by molar-refractivity contribution is 5.89. The van der Waals surface area contributed by atoms with Crippen molar-refractivity contribution in [1.29, 1.82) is 0 Å². The molecule has 1 aromatic carbocycles. The molecular weight excluding hydrogens is 398 g/mol. The maximum atomic E-state index is 12.5. The number of unbranched alkanes of at least 4 members (excludes halogenated alkanes) is 9. The quantitative estimate of drug-likeness (QED) is 0.143. The van der Waals surface area contributed by atoms with Gasteiger partial charge in [0, 0.05) is 18.6 Å². The summed E-state index contributed by atoms with van der Waals surface area (Å²) in [5.74, 6) is -0.806. The van der Waals surface area contributed by atoms with E-state index in [0.29, 0.717) is 19.3 Å². The molecule has 7 heteroatoms. The fourth-order valence-electron chi connectivity index (χ4n) is 3.89. The minimum absolute atomic E-state index is 0.0804. The number of nitro benzene ring substituents is 1. The Hall–Kier alpha value is -2.44. The molecule has 0 bridgehead atoms. The van der Waals surface area contributed by atoms with Crippen molar-refractivity contribution in [3.05, 3.63) is 39.9 Å². The SMILES string of the molecule is CCCCCCCCCCCC[C@H](OC(=O)c1ccc([N+](=O)[O-])cc1)[C@H]1CCC(=O)O1. The van der Waals surface area contributed by atoms with E-state index < -0.39 is 23.1 Å². The largest absolute Gasteiger partial charge is 0.458 e. The second kappa shape index (κ2) is 13.8. The molecule has 1 fully saturated rings. The molecule has 0 saturated carbocycles. The van der Waals surface area contributed by atoms with Crippen molar-refractivity contribution in [2.75, 3.05) is 0 Å². The average molecular weight is 434 g/mol. The Morgan fingerprint density at radius 3 is 2.16 bits per heavy atom. The fourth-order valence-corrected chi connectivity index (χ4v) is 3.89. The van der Waals surface area contributed by atoms with Crippen molar-refractivity contribution in [3.63, 3.8) is 0 Å². The molecule has 0 aromatic heterocycles. The van der Waals surface area contributed by atoms with Gasteiger partial charge in [-0.05, 0) is 31.4 Å². The molecule has 0 unspecified atom stereocenters. The zero-order valence-electron chi connectivity index (χ0n) is 18.6. The van der Waals surface area contributed by atoms with Crippen LogP contribution in [0.25, 0.3) is 0 Å².